The molecule has 0 bridgehead atoms. The van der Waals surface area contributed by atoms with E-state index in [0.717, 1.165) is 12.8 Å². The van der Waals surface area contributed by atoms with Gasteiger partial charge in [0.15, 0.2) is 0 Å². The molecule has 0 aromatic heterocycles. The molecule has 0 fully saturated rings. The van der Waals surface area contributed by atoms with Crippen molar-refractivity contribution in [1.29, 1.82) is 0 Å². The summed E-state index contributed by atoms with van der Waals surface area (Å²) in [6.45, 7) is 5.62. The molecule has 8 heteroatoms. The molecule has 1 aliphatic rings. The van der Waals surface area contributed by atoms with E-state index in [9.17, 15) is 14.7 Å². The maximum Gasteiger partial charge on any atom is 1.00 e. The van der Waals surface area contributed by atoms with Gasteiger partial charge in [-0.15, -0.1) is 0 Å². The largest absolute Gasteiger partial charge is 1.00 e. The molecule has 104 valence electrons. The maximum absolute atomic E-state index is 11.9. The van der Waals surface area contributed by atoms with E-state index >= 15 is 0 Å². The van der Waals surface area contributed by atoms with Gasteiger partial charge in [-0.3, -0.25) is 21.3 Å². The molecule has 5 N–H and O–H groups in total. The van der Waals surface area contributed by atoms with Crippen LogP contribution in [-0.4, -0.2) is 17.8 Å². The van der Waals surface area contributed by atoms with Gasteiger partial charge in [-0.25, -0.2) is 4.99 Å². The van der Waals surface area contributed by atoms with Gasteiger partial charge in [0.25, 0.3) is 5.91 Å². The first-order chi connectivity index (χ1) is 8.48. The zero-order valence-electron chi connectivity index (χ0n) is 12.0. The van der Waals surface area contributed by atoms with Crippen LogP contribution in [0.1, 0.15) is 40.0 Å². The number of amidine groups is 1. The Balaban J connectivity index is 0. The molecule has 1 aliphatic heterocycles. The number of amides is 2. The fourth-order valence-corrected chi connectivity index (χ4v) is 2.30. The van der Waals surface area contributed by atoms with Gasteiger partial charge in [-0.1, -0.05) is 27.2 Å². The Morgan fingerprint density at radius 3 is 2.26 bits per heavy atom. The van der Waals surface area contributed by atoms with Crippen LogP contribution < -0.4 is 51.7 Å². The third kappa shape index (κ3) is 4.25. The van der Waals surface area contributed by atoms with Crippen molar-refractivity contribution in [2.75, 3.05) is 0 Å². The van der Waals surface area contributed by atoms with E-state index in [0.29, 0.717) is 6.42 Å². The molecule has 2 atom stereocenters. The summed E-state index contributed by atoms with van der Waals surface area (Å²) in [6.07, 6.45) is 2.02. The van der Waals surface area contributed by atoms with E-state index in [1.807, 2.05) is 13.8 Å². The molecule has 0 aromatic rings. The minimum atomic E-state index is -1.15. The molecule has 0 saturated carbocycles. The van der Waals surface area contributed by atoms with E-state index in [4.69, 9.17) is 0 Å². The number of nitrogens with two attached hydrogens (primary N) is 2. The summed E-state index contributed by atoms with van der Waals surface area (Å²) >= 11 is 0. The maximum atomic E-state index is 11.9. The van der Waals surface area contributed by atoms with Crippen molar-refractivity contribution in [3.63, 3.8) is 0 Å². The zero-order valence-corrected chi connectivity index (χ0v) is 14.0. The minimum absolute atomic E-state index is 0. The number of carbonyl (C=O) groups excluding carboxylic acids is 2. The molecule has 2 unspecified atom stereocenters. The molecule has 19 heavy (non-hydrogen) atoms. The predicted molar refractivity (Wildman–Crippen MR) is 65.8 cm³/mol. The third-order valence-corrected chi connectivity index (χ3v) is 3.33. The van der Waals surface area contributed by atoms with E-state index in [1.54, 1.807) is 6.92 Å². The van der Waals surface area contributed by atoms with Crippen LogP contribution in [0.5, 0.6) is 0 Å². The van der Waals surface area contributed by atoms with Crippen LogP contribution in [0.25, 0.3) is 0 Å². The first-order valence-electron chi connectivity index (χ1n) is 5.93. The van der Waals surface area contributed by atoms with Crippen molar-refractivity contribution in [1.82, 2.24) is 5.32 Å². The summed E-state index contributed by atoms with van der Waals surface area (Å²) in [5.41, 5.74) is -1.15. The Labute approximate surface area is 135 Å². The van der Waals surface area contributed by atoms with Crippen molar-refractivity contribution in [2.45, 2.75) is 40.0 Å². The standard InChI is InChI=1S/C11H18N2O3.H4N2.Na/c1-4-6-7(3)11(5-2)8(14)12-10(16)13-9(11)15;1-2;/h7H,4-6H2,1-3H3,(H2,12,13,14,15,16);1-2H2;/q;;+1/p-1. The minimum Gasteiger partial charge on any atom is -0.846 e. The monoisotopic (exact) mass is 280 g/mol. The number of hydrogen-bond acceptors (Lipinski definition) is 5. The van der Waals surface area contributed by atoms with Gasteiger partial charge in [0.2, 0.25) is 5.91 Å². The van der Waals surface area contributed by atoms with Crippen molar-refractivity contribution in [2.24, 2.45) is 28.0 Å². The molecule has 7 nitrogen and oxygen atoms in total. The van der Waals surface area contributed by atoms with Crippen molar-refractivity contribution >= 4 is 17.8 Å². The van der Waals surface area contributed by atoms with Crippen LogP contribution in [0.3, 0.4) is 0 Å². The Bertz CT molecular complexity index is 349. The van der Waals surface area contributed by atoms with Gasteiger partial charge in [0, 0.05) is 0 Å². The van der Waals surface area contributed by atoms with Crippen molar-refractivity contribution in [3.05, 3.63) is 0 Å². The van der Waals surface area contributed by atoms with Crippen LogP contribution in [0, 0.1) is 11.3 Å². The number of nitrogens with zero attached hydrogens (tertiary/aromatic N) is 1. The van der Waals surface area contributed by atoms with Crippen LogP contribution in [0.4, 0.5) is 0 Å². The SMILES string of the molecule is CCCC(C)C1(CC)C(=O)N=C([O-])NC1=O.NN.[Na+]. The Kier molecular flexibility index (Phi) is 10.4. The topological polar surface area (TPSA) is 134 Å². The molecule has 0 spiro atoms. The summed E-state index contributed by atoms with van der Waals surface area (Å²) in [6, 6.07) is -0.845. The average molecular weight is 280 g/mol. The van der Waals surface area contributed by atoms with Gasteiger partial charge >= 0.3 is 29.6 Å². The number of hydrazine groups is 1. The molecule has 2 amide bonds. The Morgan fingerprint density at radius 2 is 1.89 bits per heavy atom. The zero-order chi connectivity index (χ0) is 14.3. The number of nitrogens with one attached hydrogen (secondary N) is 1. The quantitative estimate of drug-likeness (QED) is 0.209. The number of rotatable bonds is 4. The average Bonchev–Trinajstić information content (AvgIpc) is 2.32. The Morgan fingerprint density at radius 1 is 1.37 bits per heavy atom. The number of carbonyl (C=O) groups is 2. The van der Waals surface area contributed by atoms with Crippen LogP contribution in [0.15, 0.2) is 4.99 Å². The van der Waals surface area contributed by atoms with Gasteiger partial charge in [-0.05, 0) is 18.8 Å². The fourth-order valence-electron chi connectivity index (χ4n) is 2.30. The van der Waals surface area contributed by atoms with Gasteiger partial charge < -0.3 is 10.4 Å². The number of hydrogen-bond donors (Lipinski definition) is 3. The summed E-state index contributed by atoms with van der Waals surface area (Å²) in [5.74, 6) is 6.80. The van der Waals surface area contributed by atoms with Gasteiger partial charge in [-0.2, -0.15) is 0 Å². The van der Waals surface area contributed by atoms with Gasteiger partial charge in [0.05, 0.1) is 6.02 Å². The molecular formula is C11H21N4NaO3. The molecule has 0 saturated heterocycles. The molecule has 0 radical (unpaired) electrons. The predicted octanol–water partition coefficient (Wildman–Crippen LogP) is -3.99. The molecule has 1 heterocycles. The van der Waals surface area contributed by atoms with E-state index in [-0.39, 0.29) is 35.5 Å². The van der Waals surface area contributed by atoms with Gasteiger partial charge in [0.1, 0.15) is 5.41 Å². The molecule has 0 aliphatic carbocycles. The van der Waals surface area contributed by atoms with Crippen LogP contribution in [-0.2, 0) is 9.59 Å². The smallest absolute Gasteiger partial charge is 0.846 e. The van der Waals surface area contributed by atoms with Crippen LogP contribution in [0.2, 0.25) is 0 Å². The van der Waals surface area contributed by atoms with Crippen molar-refractivity contribution in [3.8, 4) is 0 Å². The van der Waals surface area contributed by atoms with E-state index in [1.165, 1.54) is 0 Å². The summed E-state index contributed by atoms with van der Waals surface area (Å²) in [5, 5.41) is 13.1. The fraction of sp³-hybridized carbons (Fsp3) is 0.727. The van der Waals surface area contributed by atoms with Crippen molar-refractivity contribution < 1.29 is 44.3 Å². The second-order valence-corrected chi connectivity index (χ2v) is 4.19. The van der Waals surface area contributed by atoms with E-state index in [2.05, 4.69) is 22.0 Å². The third-order valence-electron chi connectivity index (χ3n) is 3.33. The molecule has 1 rings (SSSR count). The Hall–Kier alpha value is -0.470. The molecular weight excluding hydrogens is 259 g/mol. The summed E-state index contributed by atoms with van der Waals surface area (Å²) < 4.78 is 0. The molecule has 0 aromatic carbocycles. The summed E-state index contributed by atoms with van der Waals surface area (Å²) in [4.78, 5) is 27.1. The van der Waals surface area contributed by atoms with Crippen LogP contribution >= 0.6 is 0 Å². The number of aliphatic imine (C=N–C) groups is 1. The first kappa shape index (κ1) is 20.8. The normalized spacial score (nSPS) is 23.3. The first-order valence-corrected chi connectivity index (χ1v) is 5.93. The van der Waals surface area contributed by atoms with E-state index < -0.39 is 23.3 Å². The second-order valence-electron chi connectivity index (χ2n) is 4.19. The second kappa shape index (κ2) is 9.44. The summed E-state index contributed by atoms with van der Waals surface area (Å²) in [7, 11) is 0.